The van der Waals surface area contributed by atoms with Crippen LogP contribution in [0.3, 0.4) is 0 Å². The molecule has 0 aromatic heterocycles. The Morgan fingerprint density at radius 3 is 2.50 bits per heavy atom. The van der Waals surface area contributed by atoms with Crippen LogP contribution in [0.1, 0.15) is 44.9 Å². The van der Waals surface area contributed by atoms with Crippen molar-refractivity contribution in [3.8, 4) is 0 Å². The summed E-state index contributed by atoms with van der Waals surface area (Å²) in [5.41, 5.74) is 0.0131. The highest BCUT2D eigenvalue weighted by atomic mass is 32.2. The number of aliphatic imine (C=N–C) groups is 1. The van der Waals surface area contributed by atoms with Crippen LogP contribution in [-0.2, 0) is 10.1 Å². The number of amidine groups is 1. The maximum absolute atomic E-state index is 10.7. The summed E-state index contributed by atoms with van der Waals surface area (Å²) >= 11 is 0. The summed E-state index contributed by atoms with van der Waals surface area (Å²) in [6.45, 7) is 0.433. The van der Waals surface area contributed by atoms with Gasteiger partial charge in [-0.1, -0.05) is 19.3 Å². The topological polar surface area (TPSA) is 91.5 Å². The summed E-state index contributed by atoms with van der Waals surface area (Å²) in [6, 6.07) is 0. The fourth-order valence-electron chi connectivity index (χ4n) is 2.89. The second-order valence-corrected chi connectivity index (χ2v) is 6.67. The first-order valence-electron chi connectivity index (χ1n) is 6.39. The first-order chi connectivity index (χ1) is 8.52. The van der Waals surface area contributed by atoms with Gasteiger partial charge in [-0.05, 0) is 25.7 Å². The first-order valence-corrected chi connectivity index (χ1v) is 8.00. The highest BCUT2D eigenvalue weighted by molar-refractivity contribution is 7.85. The van der Waals surface area contributed by atoms with E-state index in [0.717, 1.165) is 31.5 Å². The number of rotatable bonds is 6. The molecule has 2 aliphatic rings. The van der Waals surface area contributed by atoms with E-state index in [1.807, 2.05) is 0 Å². The van der Waals surface area contributed by atoms with Crippen molar-refractivity contribution in [1.82, 2.24) is 0 Å². The van der Waals surface area contributed by atoms with E-state index in [4.69, 9.17) is 4.55 Å². The zero-order valence-corrected chi connectivity index (χ0v) is 11.2. The SMILES string of the molecule is O=S(=O)(O)CCCCC1(C2=NCN=N2)CCCC1. The third-order valence-corrected chi connectivity index (χ3v) is 4.60. The van der Waals surface area contributed by atoms with E-state index < -0.39 is 10.1 Å². The maximum atomic E-state index is 10.7. The summed E-state index contributed by atoms with van der Waals surface area (Å²) in [7, 11) is -3.83. The van der Waals surface area contributed by atoms with Crippen LogP contribution in [0.2, 0.25) is 0 Å². The van der Waals surface area contributed by atoms with E-state index >= 15 is 0 Å². The molecular weight excluding hydrogens is 254 g/mol. The Hall–Kier alpha value is -0.820. The van der Waals surface area contributed by atoms with Gasteiger partial charge in [0, 0.05) is 5.41 Å². The van der Waals surface area contributed by atoms with Crippen LogP contribution in [-0.4, -0.2) is 31.2 Å². The Morgan fingerprint density at radius 2 is 1.94 bits per heavy atom. The van der Waals surface area contributed by atoms with Gasteiger partial charge >= 0.3 is 0 Å². The van der Waals surface area contributed by atoms with E-state index in [9.17, 15) is 8.42 Å². The molecule has 1 aliphatic carbocycles. The molecule has 0 atom stereocenters. The standard InChI is InChI=1S/C11H19N3O3S/c15-18(16,17)8-4-3-7-11(5-1-2-6-11)10-12-9-13-14-10/h1-9H2,(H,15,16,17). The molecule has 0 aromatic rings. The van der Waals surface area contributed by atoms with E-state index in [-0.39, 0.29) is 11.2 Å². The van der Waals surface area contributed by atoms with Gasteiger partial charge in [-0.2, -0.15) is 13.5 Å². The minimum absolute atomic E-state index is 0.0131. The molecule has 102 valence electrons. The molecule has 1 heterocycles. The van der Waals surface area contributed by atoms with E-state index in [1.54, 1.807) is 0 Å². The minimum atomic E-state index is -3.83. The molecule has 0 saturated heterocycles. The molecule has 2 rings (SSSR count). The summed E-state index contributed by atoms with van der Waals surface area (Å²) in [4.78, 5) is 4.33. The smallest absolute Gasteiger partial charge is 0.264 e. The van der Waals surface area contributed by atoms with Crippen molar-refractivity contribution in [3.05, 3.63) is 0 Å². The lowest BCUT2D eigenvalue weighted by Gasteiger charge is -2.26. The highest BCUT2D eigenvalue weighted by Gasteiger charge is 2.39. The Kier molecular flexibility index (Phi) is 4.11. The van der Waals surface area contributed by atoms with Crippen molar-refractivity contribution in [2.24, 2.45) is 20.6 Å². The van der Waals surface area contributed by atoms with Crippen LogP contribution in [0.4, 0.5) is 0 Å². The van der Waals surface area contributed by atoms with Crippen LogP contribution in [0.25, 0.3) is 0 Å². The lowest BCUT2D eigenvalue weighted by Crippen LogP contribution is -2.26. The molecule has 0 amide bonds. The van der Waals surface area contributed by atoms with Crippen molar-refractivity contribution in [2.75, 3.05) is 12.4 Å². The van der Waals surface area contributed by atoms with Crippen LogP contribution in [0, 0.1) is 5.41 Å². The van der Waals surface area contributed by atoms with Gasteiger partial charge in [-0.25, -0.2) is 4.99 Å². The van der Waals surface area contributed by atoms with Gasteiger partial charge in [0.15, 0.2) is 12.5 Å². The summed E-state index contributed by atoms with van der Waals surface area (Å²) in [5.74, 6) is 0.698. The van der Waals surface area contributed by atoms with Gasteiger partial charge in [0.1, 0.15) is 0 Å². The first kappa shape index (κ1) is 13.6. The molecule has 7 heteroatoms. The molecule has 0 bridgehead atoms. The van der Waals surface area contributed by atoms with Crippen molar-refractivity contribution < 1.29 is 13.0 Å². The summed E-state index contributed by atoms with van der Waals surface area (Å²) < 4.78 is 30.0. The predicted molar refractivity (Wildman–Crippen MR) is 68.3 cm³/mol. The van der Waals surface area contributed by atoms with E-state index in [0.29, 0.717) is 13.1 Å². The second-order valence-electron chi connectivity index (χ2n) is 5.10. The fraction of sp³-hybridized carbons (Fsp3) is 0.909. The van der Waals surface area contributed by atoms with Crippen molar-refractivity contribution in [2.45, 2.75) is 44.9 Å². The van der Waals surface area contributed by atoms with Gasteiger partial charge in [-0.15, -0.1) is 5.11 Å². The normalized spacial score (nSPS) is 22.4. The Morgan fingerprint density at radius 1 is 1.22 bits per heavy atom. The van der Waals surface area contributed by atoms with Crippen LogP contribution >= 0.6 is 0 Å². The zero-order chi connectivity index (χ0) is 13.1. The monoisotopic (exact) mass is 273 g/mol. The van der Waals surface area contributed by atoms with E-state index in [2.05, 4.69) is 15.2 Å². The largest absolute Gasteiger partial charge is 0.286 e. The number of hydrogen-bond donors (Lipinski definition) is 1. The summed E-state index contributed by atoms with van der Waals surface area (Å²) in [5, 5.41) is 8.03. The van der Waals surface area contributed by atoms with Crippen LogP contribution in [0.5, 0.6) is 0 Å². The lowest BCUT2D eigenvalue weighted by molar-refractivity contribution is 0.379. The molecular formula is C11H19N3O3S. The predicted octanol–water partition coefficient (Wildman–Crippen LogP) is 2.43. The van der Waals surface area contributed by atoms with Gasteiger partial charge in [-0.3, -0.25) is 4.55 Å². The number of unbranched alkanes of at least 4 members (excludes halogenated alkanes) is 1. The second kappa shape index (κ2) is 5.44. The molecule has 0 unspecified atom stereocenters. The molecule has 0 aromatic carbocycles. The molecule has 1 aliphatic heterocycles. The molecule has 0 spiro atoms. The number of azo groups is 1. The Bertz CT molecular complexity index is 450. The quantitative estimate of drug-likeness (QED) is 0.595. The fourth-order valence-corrected chi connectivity index (χ4v) is 3.46. The van der Waals surface area contributed by atoms with Crippen LogP contribution in [0.15, 0.2) is 15.2 Å². The molecule has 1 saturated carbocycles. The molecule has 0 radical (unpaired) electrons. The van der Waals surface area contributed by atoms with Gasteiger partial charge in [0.05, 0.1) is 5.75 Å². The lowest BCUT2D eigenvalue weighted by atomic mass is 9.80. The van der Waals surface area contributed by atoms with Crippen molar-refractivity contribution in [3.63, 3.8) is 0 Å². The number of nitrogens with zero attached hydrogens (tertiary/aromatic N) is 3. The maximum Gasteiger partial charge on any atom is 0.264 e. The van der Waals surface area contributed by atoms with Crippen LogP contribution < -0.4 is 0 Å². The molecule has 6 nitrogen and oxygen atoms in total. The number of hydrogen-bond acceptors (Lipinski definition) is 5. The molecule has 18 heavy (non-hydrogen) atoms. The molecule has 1 fully saturated rings. The van der Waals surface area contributed by atoms with Crippen molar-refractivity contribution >= 4 is 16.0 Å². The average molecular weight is 273 g/mol. The Labute approximate surface area is 107 Å². The third-order valence-electron chi connectivity index (χ3n) is 3.79. The van der Waals surface area contributed by atoms with Gasteiger partial charge in [0.25, 0.3) is 10.1 Å². The average Bonchev–Trinajstić information content (AvgIpc) is 2.94. The van der Waals surface area contributed by atoms with Gasteiger partial charge < -0.3 is 0 Å². The third kappa shape index (κ3) is 3.35. The minimum Gasteiger partial charge on any atom is -0.286 e. The van der Waals surface area contributed by atoms with E-state index in [1.165, 1.54) is 12.8 Å². The summed E-state index contributed by atoms with van der Waals surface area (Å²) in [6.07, 6.45) is 6.63. The van der Waals surface area contributed by atoms with Gasteiger partial charge in [0.2, 0.25) is 0 Å². The zero-order valence-electron chi connectivity index (χ0n) is 10.4. The van der Waals surface area contributed by atoms with Crippen molar-refractivity contribution in [1.29, 1.82) is 0 Å². The Balaban J connectivity index is 1.89. The molecule has 1 N–H and O–H groups in total. The highest BCUT2D eigenvalue weighted by Crippen LogP contribution is 2.44.